The van der Waals surface area contributed by atoms with Crippen LogP contribution in [0, 0.1) is 0 Å². The van der Waals surface area contributed by atoms with Crippen molar-refractivity contribution in [3.8, 4) is 0 Å². The van der Waals surface area contributed by atoms with Crippen molar-refractivity contribution in [1.29, 1.82) is 0 Å². The Kier molecular flexibility index (Phi) is 2.59. The fraction of sp³-hybridized carbons (Fsp3) is 0.714. The van der Waals surface area contributed by atoms with Crippen molar-refractivity contribution in [2.45, 2.75) is 32.8 Å². The highest BCUT2D eigenvalue weighted by Gasteiger charge is 2.11. The van der Waals surface area contributed by atoms with Gasteiger partial charge in [-0.05, 0) is 6.42 Å². The second-order valence-electron chi connectivity index (χ2n) is 2.32. The number of hydrogen-bond donors (Lipinski definition) is 1. The van der Waals surface area contributed by atoms with Gasteiger partial charge in [-0.25, -0.2) is 0 Å². The minimum absolute atomic E-state index is 0.393. The average molecular weight is 156 g/mol. The van der Waals surface area contributed by atoms with E-state index in [1.165, 1.54) is 0 Å². The predicted molar refractivity (Wildman–Crippen MR) is 38.9 cm³/mol. The van der Waals surface area contributed by atoms with Gasteiger partial charge in [-0.3, -0.25) is 0 Å². The third kappa shape index (κ3) is 1.77. The predicted octanol–water partition coefficient (Wildman–Crippen LogP) is 1.08. The van der Waals surface area contributed by atoms with Crippen LogP contribution in [0.15, 0.2) is 4.52 Å². The van der Waals surface area contributed by atoms with Crippen molar-refractivity contribution < 1.29 is 9.63 Å². The molecule has 0 saturated heterocycles. The molecule has 1 unspecified atom stereocenters. The first-order chi connectivity index (χ1) is 5.27. The van der Waals surface area contributed by atoms with E-state index in [9.17, 15) is 5.11 Å². The Balaban J connectivity index is 2.71. The molecule has 1 heterocycles. The van der Waals surface area contributed by atoms with Crippen LogP contribution < -0.4 is 0 Å². The lowest BCUT2D eigenvalue weighted by Gasteiger charge is -1.97. The molecule has 1 aromatic heterocycles. The number of aliphatic hydroxyl groups is 1. The third-order valence-electron chi connectivity index (χ3n) is 1.47. The van der Waals surface area contributed by atoms with E-state index >= 15 is 0 Å². The molecule has 1 N–H and O–H groups in total. The van der Waals surface area contributed by atoms with Crippen LogP contribution >= 0.6 is 0 Å². The number of nitrogens with zero attached hydrogens (tertiary/aromatic N) is 2. The molecule has 11 heavy (non-hydrogen) atoms. The number of aryl methyl sites for hydroxylation is 1. The molecular weight excluding hydrogens is 144 g/mol. The van der Waals surface area contributed by atoms with E-state index in [2.05, 4.69) is 10.1 Å². The monoisotopic (exact) mass is 156 g/mol. The largest absolute Gasteiger partial charge is 0.385 e. The maximum atomic E-state index is 9.25. The summed E-state index contributed by atoms with van der Waals surface area (Å²) in [5.74, 6) is 0.969. The highest BCUT2D eigenvalue weighted by atomic mass is 16.5. The maximum Gasteiger partial charge on any atom is 0.226 e. The smallest absolute Gasteiger partial charge is 0.226 e. The number of rotatable bonds is 3. The normalized spacial score (nSPS) is 13.4. The van der Waals surface area contributed by atoms with Gasteiger partial charge < -0.3 is 9.63 Å². The Morgan fingerprint density at radius 1 is 1.55 bits per heavy atom. The Hall–Kier alpha value is -0.900. The van der Waals surface area contributed by atoms with Gasteiger partial charge in [0.1, 0.15) is 6.10 Å². The lowest BCUT2D eigenvalue weighted by atomic mass is 10.3. The molecule has 0 spiro atoms. The summed E-state index contributed by atoms with van der Waals surface area (Å²) in [5, 5.41) is 12.9. The van der Waals surface area contributed by atoms with Gasteiger partial charge in [-0.15, -0.1) is 0 Å². The van der Waals surface area contributed by atoms with Gasteiger partial charge >= 0.3 is 0 Å². The first-order valence-corrected chi connectivity index (χ1v) is 3.78. The fourth-order valence-electron chi connectivity index (χ4n) is 0.730. The molecule has 0 aliphatic heterocycles. The molecule has 0 saturated carbocycles. The molecule has 1 aromatic rings. The molecule has 1 rings (SSSR count). The van der Waals surface area contributed by atoms with Gasteiger partial charge in [0.25, 0.3) is 0 Å². The molecule has 1 atom stereocenters. The summed E-state index contributed by atoms with van der Waals surface area (Å²) in [6, 6.07) is 0. The Bertz CT molecular complexity index is 222. The van der Waals surface area contributed by atoms with Crippen LogP contribution in [0.4, 0.5) is 0 Å². The standard InChI is InChI=1S/C7H12N2O2/c1-3-5(10)7-8-6(4-2)11-9-7/h5,10H,3-4H2,1-2H3. The van der Waals surface area contributed by atoms with Crippen LogP contribution in [0.1, 0.15) is 38.1 Å². The Morgan fingerprint density at radius 2 is 2.27 bits per heavy atom. The molecule has 0 bridgehead atoms. The van der Waals surface area contributed by atoms with Crippen molar-refractivity contribution >= 4 is 0 Å². The Labute approximate surface area is 65.2 Å². The van der Waals surface area contributed by atoms with Crippen LogP contribution in [0.3, 0.4) is 0 Å². The molecule has 0 aliphatic rings. The van der Waals surface area contributed by atoms with Gasteiger partial charge in [-0.1, -0.05) is 19.0 Å². The molecule has 0 radical (unpaired) electrons. The number of aliphatic hydroxyl groups excluding tert-OH is 1. The summed E-state index contributed by atoms with van der Waals surface area (Å²) in [6.45, 7) is 3.79. The van der Waals surface area contributed by atoms with Crippen molar-refractivity contribution in [1.82, 2.24) is 10.1 Å². The van der Waals surface area contributed by atoms with Crippen molar-refractivity contribution in [2.75, 3.05) is 0 Å². The van der Waals surface area contributed by atoms with Gasteiger partial charge in [0.2, 0.25) is 5.89 Å². The number of hydrogen-bond acceptors (Lipinski definition) is 4. The van der Waals surface area contributed by atoms with Crippen LogP contribution in [-0.4, -0.2) is 15.2 Å². The molecule has 0 fully saturated rings. The first kappa shape index (κ1) is 8.20. The van der Waals surface area contributed by atoms with Crippen LogP contribution in [0.5, 0.6) is 0 Å². The van der Waals surface area contributed by atoms with Gasteiger partial charge in [0.15, 0.2) is 5.82 Å². The molecule has 4 nitrogen and oxygen atoms in total. The summed E-state index contributed by atoms with van der Waals surface area (Å²) in [6.07, 6.45) is 0.741. The van der Waals surface area contributed by atoms with Crippen LogP contribution in [0.25, 0.3) is 0 Å². The van der Waals surface area contributed by atoms with E-state index in [-0.39, 0.29) is 0 Å². The quantitative estimate of drug-likeness (QED) is 0.711. The first-order valence-electron chi connectivity index (χ1n) is 3.78. The zero-order valence-corrected chi connectivity index (χ0v) is 6.74. The zero-order valence-electron chi connectivity index (χ0n) is 6.74. The van der Waals surface area contributed by atoms with Crippen molar-refractivity contribution in [2.24, 2.45) is 0 Å². The molecule has 0 amide bonds. The van der Waals surface area contributed by atoms with E-state index in [1.54, 1.807) is 0 Å². The lowest BCUT2D eigenvalue weighted by Crippen LogP contribution is -1.97. The molecule has 0 aromatic carbocycles. The third-order valence-corrected chi connectivity index (χ3v) is 1.47. The average Bonchev–Trinajstić information content (AvgIpc) is 2.50. The van der Waals surface area contributed by atoms with Crippen LogP contribution in [0.2, 0.25) is 0 Å². The molecule has 0 aliphatic carbocycles. The highest BCUT2D eigenvalue weighted by molar-refractivity contribution is 4.89. The second-order valence-corrected chi connectivity index (χ2v) is 2.32. The summed E-state index contributed by atoms with van der Waals surface area (Å²) in [4.78, 5) is 3.97. The minimum atomic E-state index is -0.584. The molecule has 62 valence electrons. The maximum absolute atomic E-state index is 9.25. The summed E-state index contributed by atoms with van der Waals surface area (Å²) in [7, 11) is 0. The highest BCUT2D eigenvalue weighted by Crippen LogP contribution is 2.11. The molecule has 4 heteroatoms. The fourth-order valence-corrected chi connectivity index (χ4v) is 0.730. The van der Waals surface area contributed by atoms with Crippen molar-refractivity contribution in [3.63, 3.8) is 0 Å². The zero-order chi connectivity index (χ0) is 8.27. The topological polar surface area (TPSA) is 59.2 Å². The summed E-state index contributed by atoms with van der Waals surface area (Å²) >= 11 is 0. The van der Waals surface area contributed by atoms with E-state index in [0.717, 1.165) is 0 Å². The van der Waals surface area contributed by atoms with Gasteiger partial charge in [0.05, 0.1) is 0 Å². The summed E-state index contributed by atoms with van der Waals surface area (Å²) < 4.78 is 4.82. The van der Waals surface area contributed by atoms with Crippen LogP contribution in [-0.2, 0) is 6.42 Å². The summed E-state index contributed by atoms with van der Waals surface area (Å²) in [5.41, 5.74) is 0. The van der Waals surface area contributed by atoms with E-state index < -0.39 is 6.10 Å². The molecular formula is C7H12N2O2. The number of aromatic nitrogens is 2. The SMILES string of the molecule is CCc1nc(C(O)CC)no1. The van der Waals surface area contributed by atoms with E-state index in [4.69, 9.17) is 4.52 Å². The second kappa shape index (κ2) is 3.48. The lowest BCUT2D eigenvalue weighted by molar-refractivity contribution is 0.159. The minimum Gasteiger partial charge on any atom is -0.385 e. The van der Waals surface area contributed by atoms with Gasteiger partial charge in [-0.2, -0.15) is 4.98 Å². The van der Waals surface area contributed by atoms with Crippen molar-refractivity contribution in [3.05, 3.63) is 11.7 Å². The van der Waals surface area contributed by atoms with Gasteiger partial charge in [0, 0.05) is 6.42 Å². The van der Waals surface area contributed by atoms with E-state index in [1.807, 2.05) is 13.8 Å². The Morgan fingerprint density at radius 3 is 2.73 bits per heavy atom. The van der Waals surface area contributed by atoms with E-state index in [0.29, 0.717) is 24.6 Å².